The average molecular weight is 381 g/mol. The van der Waals surface area contributed by atoms with Gasteiger partial charge in [-0.1, -0.05) is 19.1 Å². The Bertz CT molecular complexity index is 1130. The average Bonchev–Trinajstić information content (AvgIpc) is 2.70. The number of nitrogens with one attached hydrogen (secondary N) is 2. The van der Waals surface area contributed by atoms with Crippen LogP contribution < -0.4 is 16.6 Å². The molecule has 0 saturated heterocycles. The second-order valence-corrected chi connectivity index (χ2v) is 6.13. The fourth-order valence-electron chi connectivity index (χ4n) is 2.65. The van der Waals surface area contributed by atoms with Crippen LogP contribution in [0.3, 0.4) is 0 Å². The molecule has 0 saturated carbocycles. The summed E-state index contributed by atoms with van der Waals surface area (Å²) in [6.07, 6.45) is 0.729. The van der Waals surface area contributed by atoms with Gasteiger partial charge in [0.2, 0.25) is 5.91 Å². The lowest BCUT2D eigenvalue weighted by Gasteiger charge is -2.08. The zero-order valence-corrected chi connectivity index (χ0v) is 15.2. The summed E-state index contributed by atoms with van der Waals surface area (Å²) in [7, 11) is 0. The van der Waals surface area contributed by atoms with Gasteiger partial charge >= 0.3 is 11.7 Å². The Hall–Kier alpha value is -3.68. The van der Waals surface area contributed by atoms with Gasteiger partial charge in [-0.3, -0.25) is 14.2 Å². The molecule has 0 aliphatic carbocycles. The van der Waals surface area contributed by atoms with Crippen LogP contribution in [0.2, 0.25) is 0 Å². The first-order valence-electron chi connectivity index (χ1n) is 8.78. The van der Waals surface area contributed by atoms with Crippen molar-refractivity contribution in [2.45, 2.75) is 19.9 Å². The molecule has 0 spiro atoms. The van der Waals surface area contributed by atoms with E-state index in [9.17, 15) is 19.2 Å². The van der Waals surface area contributed by atoms with E-state index >= 15 is 0 Å². The number of rotatable bonds is 6. The number of H-pyrrole nitrogens is 1. The van der Waals surface area contributed by atoms with E-state index < -0.39 is 29.7 Å². The molecule has 0 atom stereocenters. The Morgan fingerprint density at radius 1 is 1.07 bits per heavy atom. The summed E-state index contributed by atoms with van der Waals surface area (Å²) in [5, 5.41) is 2.92. The van der Waals surface area contributed by atoms with E-state index in [1.807, 2.05) is 6.92 Å². The number of esters is 1. The number of ether oxygens (including phenoxy) is 1. The highest BCUT2D eigenvalue weighted by Crippen LogP contribution is 2.11. The first-order chi connectivity index (χ1) is 13.5. The van der Waals surface area contributed by atoms with E-state index in [2.05, 4.69) is 10.3 Å². The Labute approximate surface area is 159 Å². The summed E-state index contributed by atoms with van der Waals surface area (Å²) in [5.74, 6) is -0.974. The molecule has 0 aliphatic heterocycles. The van der Waals surface area contributed by atoms with Gasteiger partial charge in [-0.05, 0) is 42.8 Å². The van der Waals surface area contributed by atoms with Gasteiger partial charge in [-0.2, -0.15) is 0 Å². The predicted molar refractivity (Wildman–Crippen MR) is 104 cm³/mol. The highest BCUT2D eigenvalue weighted by atomic mass is 16.5. The highest BCUT2D eigenvalue weighted by molar-refractivity contribution is 5.93. The van der Waals surface area contributed by atoms with Crippen molar-refractivity contribution < 1.29 is 14.3 Å². The van der Waals surface area contributed by atoms with Crippen molar-refractivity contribution in [3.63, 3.8) is 0 Å². The molecule has 1 amide bonds. The summed E-state index contributed by atoms with van der Waals surface area (Å²) in [6.45, 7) is 1.81. The number of fused-ring (bicyclic) bond motifs is 1. The molecule has 144 valence electrons. The lowest BCUT2D eigenvalue weighted by atomic mass is 10.2. The van der Waals surface area contributed by atoms with Crippen molar-refractivity contribution >= 4 is 28.5 Å². The van der Waals surface area contributed by atoms with Gasteiger partial charge in [-0.15, -0.1) is 0 Å². The summed E-state index contributed by atoms with van der Waals surface area (Å²) in [5.41, 5.74) is 0.0204. The maximum absolute atomic E-state index is 12.5. The van der Waals surface area contributed by atoms with Crippen LogP contribution in [0.15, 0.2) is 58.1 Å². The SMILES string of the molecule is CCCOC(=O)c1ccc(NC(=O)Cn2c(=O)[nH]c3ccccc3c2=O)cc1. The summed E-state index contributed by atoms with van der Waals surface area (Å²) in [4.78, 5) is 51.2. The van der Waals surface area contributed by atoms with Crippen molar-refractivity contribution in [2.75, 3.05) is 11.9 Å². The lowest BCUT2D eigenvalue weighted by molar-refractivity contribution is -0.116. The van der Waals surface area contributed by atoms with E-state index in [1.165, 1.54) is 12.1 Å². The number of benzene rings is 2. The summed E-state index contributed by atoms with van der Waals surface area (Å²) < 4.78 is 5.88. The number of aromatic amines is 1. The Balaban J connectivity index is 1.73. The normalized spacial score (nSPS) is 10.6. The minimum atomic E-state index is -0.659. The van der Waals surface area contributed by atoms with Crippen LogP contribution in [0.1, 0.15) is 23.7 Å². The third-order valence-corrected chi connectivity index (χ3v) is 4.03. The number of hydrogen-bond acceptors (Lipinski definition) is 5. The highest BCUT2D eigenvalue weighted by Gasteiger charge is 2.12. The standard InChI is InChI=1S/C20H19N3O5/c1-2-11-28-19(26)13-7-9-14(10-8-13)21-17(24)12-23-18(25)15-5-3-4-6-16(15)22-20(23)27/h3-10H,2,11-12H2,1H3,(H,21,24)(H,22,27). The number of para-hydroxylation sites is 1. The monoisotopic (exact) mass is 381 g/mol. The van der Waals surface area contributed by atoms with Crippen LogP contribution in [-0.4, -0.2) is 28.0 Å². The molecule has 3 rings (SSSR count). The third-order valence-electron chi connectivity index (χ3n) is 4.03. The molecule has 2 N–H and O–H groups in total. The number of anilines is 1. The van der Waals surface area contributed by atoms with Crippen molar-refractivity contribution in [3.8, 4) is 0 Å². The van der Waals surface area contributed by atoms with E-state index in [-0.39, 0.29) is 0 Å². The second-order valence-electron chi connectivity index (χ2n) is 6.13. The Kier molecular flexibility index (Phi) is 5.69. The third kappa shape index (κ3) is 4.17. The number of hydrogen-bond donors (Lipinski definition) is 2. The number of aromatic nitrogens is 2. The Morgan fingerprint density at radius 2 is 1.79 bits per heavy atom. The number of carbonyl (C=O) groups excluding carboxylic acids is 2. The van der Waals surface area contributed by atoms with E-state index in [0.717, 1.165) is 11.0 Å². The van der Waals surface area contributed by atoms with Gasteiger partial charge in [-0.25, -0.2) is 9.59 Å². The van der Waals surface area contributed by atoms with Crippen LogP contribution in [0.4, 0.5) is 5.69 Å². The number of nitrogens with zero attached hydrogens (tertiary/aromatic N) is 1. The van der Waals surface area contributed by atoms with Crippen LogP contribution in [0.25, 0.3) is 10.9 Å². The molecular formula is C20H19N3O5. The van der Waals surface area contributed by atoms with Crippen LogP contribution in [-0.2, 0) is 16.1 Å². The van der Waals surface area contributed by atoms with Crippen LogP contribution in [0, 0.1) is 0 Å². The Morgan fingerprint density at radius 3 is 2.50 bits per heavy atom. The topological polar surface area (TPSA) is 110 Å². The van der Waals surface area contributed by atoms with E-state index in [1.54, 1.807) is 36.4 Å². The zero-order valence-electron chi connectivity index (χ0n) is 15.2. The van der Waals surface area contributed by atoms with Crippen molar-refractivity contribution in [1.29, 1.82) is 0 Å². The minimum absolute atomic E-state index is 0.324. The lowest BCUT2D eigenvalue weighted by Crippen LogP contribution is -2.38. The largest absolute Gasteiger partial charge is 0.462 e. The molecule has 0 aliphatic rings. The molecule has 8 nitrogen and oxygen atoms in total. The molecule has 0 radical (unpaired) electrons. The molecule has 1 aromatic heterocycles. The minimum Gasteiger partial charge on any atom is -0.462 e. The van der Waals surface area contributed by atoms with Crippen LogP contribution >= 0.6 is 0 Å². The molecular weight excluding hydrogens is 362 g/mol. The van der Waals surface area contributed by atoms with E-state index in [0.29, 0.717) is 28.8 Å². The molecule has 3 aromatic rings. The van der Waals surface area contributed by atoms with Gasteiger partial charge in [0.25, 0.3) is 5.56 Å². The fraction of sp³-hybridized carbons (Fsp3) is 0.200. The number of amides is 1. The summed E-state index contributed by atoms with van der Waals surface area (Å²) >= 11 is 0. The molecule has 0 fully saturated rings. The molecule has 0 unspecified atom stereocenters. The van der Waals surface area contributed by atoms with Gasteiger partial charge < -0.3 is 15.0 Å². The molecule has 2 aromatic carbocycles. The smallest absolute Gasteiger partial charge is 0.338 e. The van der Waals surface area contributed by atoms with Crippen molar-refractivity contribution in [2.24, 2.45) is 0 Å². The molecule has 0 bridgehead atoms. The van der Waals surface area contributed by atoms with Crippen molar-refractivity contribution in [1.82, 2.24) is 9.55 Å². The maximum atomic E-state index is 12.5. The van der Waals surface area contributed by atoms with Gasteiger partial charge in [0.05, 0.1) is 23.1 Å². The predicted octanol–water partition coefficient (Wildman–Crippen LogP) is 1.90. The zero-order chi connectivity index (χ0) is 20.1. The molecule has 8 heteroatoms. The first kappa shape index (κ1) is 19.1. The van der Waals surface area contributed by atoms with Gasteiger partial charge in [0.1, 0.15) is 6.54 Å². The van der Waals surface area contributed by atoms with Crippen molar-refractivity contribution in [3.05, 3.63) is 74.9 Å². The van der Waals surface area contributed by atoms with Gasteiger partial charge in [0, 0.05) is 5.69 Å². The quantitative estimate of drug-likeness (QED) is 0.634. The number of carbonyl (C=O) groups is 2. The molecule has 28 heavy (non-hydrogen) atoms. The summed E-state index contributed by atoms with van der Waals surface area (Å²) in [6, 6.07) is 12.7. The maximum Gasteiger partial charge on any atom is 0.338 e. The first-order valence-corrected chi connectivity index (χ1v) is 8.78. The fourth-order valence-corrected chi connectivity index (χ4v) is 2.65. The second kappa shape index (κ2) is 8.34. The van der Waals surface area contributed by atoms with Gasteiger partial charge in [0.15, 0.2) is 0 Å². The van der Waals surface area contributed by atoms with Crippen LogP contribution in [0.5, 0.6) is 0 Å². The molecule has 1 heterocycles. The van der Waals surface area contributed by atoms with E-state index in [4.69, 9.17) is 4.74 Å².